The highest BCUT2D eigenvalue weighted by Gasteiger charge is 2.28. The van der Waals surface area contributed by atoms with Gasteiger partial charge in [-0.15, -0.1) is 0 Å². The smallest absolute Gasteiger partial charge is 0.281 e. The molecular weight excluding hydrogens is 423 g/mol. The van der Waals surface area contributed by atoms with Gasteiger partial charge in [-0.1, -0.05) is 42.5 Å². The van der Waals surface area contributed by atoms with Crippen molar-refractivity contribution in [1.82, 2.24) is 0 Å². The standard InChI is InChI=1S/C21H18N2O.HI/c1-22-17-10-5-8-16-9-6-11-18(21(16)17)23(2)20(22)14-13-15-7-3-4-12-19(15)24;/h3-14H,1-2H3;1H. The first kappa shape index (κ1) is 17.5. The van der Waals surface area contributed by atoms with E-state index in [0.717, 1.165) is 11.4 Å². The van der Waals surface area contributed by atoms with Gasteiger partial charge in [0.15, 0.2) is 0 Å². The van der Waals surface area contributed by atoms with Crippen LogP contribution in [0.4, 0.5) is 11.4 Å². The van der Waals surface area contributed by atoms with Crippen molar-refractivity contribution < 1.29 is 33.7 Å². The molecule has 4 rings (SSSR count). The van der Waals surface area contributed by atoms with E-state index in [9.17, 15) is 5.11 Å². The number of phenols is 1. The van der Waals surface area contributed by atoms with Crippen molar-refractivity contribution in [2.75, 3.05) is 19.0 Å². The van der Waals surface area contributed by atoms with Crippen molar-refractivity contribution in [3.8, 4) is 5.75 Å². The van der Waals surface area contributed by atoms with Crippen LogP contribution >= 0.6 is 0 Å². The quantitative estimate of drug-likeness (QED) is 0.480. The van der Waals surface area contributed by atoms with Crippen molar-refractivity contribution in [1.29, 1.82) is 0 Å². The summed E-state index contributed by atoms with van der Waals surface area (Å²) in [4.78, 5) is 2.19. The minimum absolute atomic E-state index is 0. The fraction of sp³-hybridized carbons (Fsp3) is 0.0952. The maximum Gasteiger partial charge on any atom is 0.281 e. The molecule has 3 aromatic carbocycles. The molecule has 0 fully saturated rings. The molecular formula is C21H19IN2O. The van der Waals surface area contributed by atoms with E-state index in [0.29, 0.717) is 0 Å². The van der Waals surface area contributed by atoms with Gasteiger partial charge >= 0.3 is 0 Å². The number of amidine groups is 1. The number of benzene rings is 3. The Balaban J connectivity index is 0.00000182. The van der Waals surface area contributed by atoms with Crippen LogP contribution in [0.5, 0.6) is 5.75 Å². The summed E-state index contributed by atoms with van der Waals surface area (Å²) in [7, 11) is 4.15. The molecule has 0 aromatic heterocycles. The minimum atomic E-state index is 0. The number of phenolic OH excluding ortho intramolecular Hbond substituents is 1. The van der Waals surface area contributed by atoms with Gasteiger partial charge in [0, 0.05) is 11.6 Å². The van der Waals surface area contributed by atoms with Gasteiger partial charge in [0.1, 0.15) is 17.1 Å². The lowest BCUT2D eigenvalue weighted by Crippen LogP contribution is -3.00. The highest BCUT2D eigenvalue weighted by Crippen LogP contribution is 2.37. The van der Waals surface area contributed by atoms with Crippen LogP contribution in [-0.4, -0.2) is 29.6 Å². The first-order chi connectivity index (χ1) is 11.7. The molecule has 0 radical (unpaired) electrons. The summed E-state index contributed by atoms with van der Waals surface area (Å²) in [6.45, 7) is 0. The second kappa shape index (κ2) is 6.88. The zero-order valence-electron chi connectivity index (χ0n) is 14.1. The van der Waals surface area contributed by atoms with E-state index in [1.54, 1.807) is 6.07 Å². The Morgan fingerprint density at radius 3 is 2.40 bits per heavy atom. The van der Waals surface area contributed by atoms with Crippen LogP contribution in [0.1, 0.15) is 5.56 Å². The molecule has 1 aliphatic heterocycles. The summed E-state index contributed by atoms with van der Waals surface area (Å²) in [5, 5.41) is 12.5. The van der Waals surface area contributed by atoms with Crippen molar-refractivity contribution in [2.24, 2.45) is 0 Å². The summed E-state index contributed by atoms with van der Waals surface area (Å²) in [6.07, 6.45) is 4.00. The molecule has 0 unspecified atom stereocenters. The zero-order chi connectivity index (χ0) is 16.7. The van der Waals surface area contributed by atoms with E-state index < -0.39 is 0 Å². The Labute approximate surface area is 164 Å². The van der Waals surface area contributed by atoms with Crippen LogP contribution in [0.25, 0.3) is 16.8 Å². The average molecular weight is 442 g/mol. The van der Waals surface area contributed by atoms with Gasteiger partial charge < -0.3 is 29.1 Å². The van der Waals surface area contributed by atoms with Gasteiger partial charge in [0.05, 0.1) is 19.5 Å². The first-order valence-corrected chi connectivity index (χ1v) is 7.99. The number of nitrogens with zero attached hydrogens (tertiary/aromatic N) is 2. The molecule has 0 saturated heterocycles. The summed E-state index contributed by atoms with van der Waals surface area (Å²) >= 11 is 0. The third kappa shape index (κ3) is 2.91. The maximum atomic E-state index is 9.97. The summed E-state index contributed by atoms with van der Waals surface area (Å²) in [5.41, 5.74) is 3.19. The summed E-state index contributed by atoms with van der Waals surface area (Å²) in [6, 6.07) is 20.1. The van der Waals surface area contributed by atoms with Crippen LogP contribution in [0.3, 0.4) is 0 Å². The number of halogens is 1. The number of hydrogen-bond acceptors (Lipinski definition) is 2. The van der Waals surface area contributed by atoms with Crippen molar-refractivity contribution in [3.05, 3.63) is 72.3 Å². The molecule has 1 N–H and O–H groups in total. The highest BCUT2D eigenvalue weighted by atomic mass is 127. The molecule has 126 valence electrons. The predicted octanol–water partition coefficient (Wildman–Crippen LogP) is 1.38. The topological polar surface area (TPSA) is 26.5 Å². The SMILES string of the molecule is CN1C(C=Cc2ccccc2O)=[N+](C)c2cccc3cccc1c23.[I-]. The fourth-order valence-corrected chi connectivity index (χ4v) is 3.35. The van der Waals surface area contributed by atoms with Gasteiger partial charge in [-0.2, -0.15) is 0 Å². The number of likely N-dealkylation sites (N-methyl/N-ethyl adjacent to an activating group) is 1. The third-order valence-electron chi connectivity index (χ3n) is 4.62. The van der Waals surface area contributed by atoms with E-state index in [4.69, 9.17) is 0 Å². The number of hydrogen-bond donors (Lipinski definition) is 1. The van der Waals surface area contributed by atoms with Gasteiger partial charge in [-0.25, -0.2) is 9.48 Å². The Morgan fingerprint density at radius 2 is 1.64 bits per heavy atom. The monoisotopic (exact) mass is 442 g/mol. The molecule has 0 aliphatic carbocycles. The first-order valence-electron chi connectivity index (χ1n) is 7.99. The Kier molecular flexibility index (Phi) is 4.81. The predicted molar refractivity (Wildman–Crippen MR) is 100 cm³/mol. The molecule has 0 saturated carbocycles. The second-order valence-corrected chi connectivity index (χ2v) is 6.02. The molecule has 4 heteroatoms. The number of aromatic hydroxyl groups is 1. The number of rotatable bonds is 2. The lowest BCUT2D eigenvalue weighted by Gasteiger charge is -2.23. The molecule has 3 aromatic rings. The van der Waals surface area contributed by atoms with Crippen LogP contribution in [0.2, 0.25) is 0 Å². The van der Waals surface area contributed by atoms with Gasteiger partial charge in [0.2, 0.25) is 0 Å². The normalized spacial score (nSPS) is 13.4. The largest absolute Gasteiger partial charge is 1.00 e. The van der Waals surface area contributed by atoms with Crippen LogP contribution in [-0.2, 0) is 0 Å². The van der Waals surface area contributed by atoms with E-state index in [2.05, 4.69) is 60.0 Å². The number of anilines is 1. The molecule has 1 heterocycles. The summed E-state index contributed by atoms with van der Waals surface area (Å²) < 4.78 is 2.19. The molecule has 3 nitrogen and oxygen atoms in total. The molecule has 0 bridgehead atoms. The van der Waals surface area contributed by atoms with Gasteiger partial charge in [-0.3, -0.25) is 0 Å². The van der Waals surface area contributed by atoms with E-state index in [1.165, 1.54) is 22.1 Å². The summed E-state index contributed by atoms with van der Waals surface area (Å²) in [5.74, 6) is 1.35. The van der Waals surface area contributed by atoms with Gasteiger partial charge in [-0.05, 0) is 29.7 Å². The van der Waals surface area contributed by atoms with Crippen LogP contribution in [0.15, 0.2) is 66.7 Å². The average Bonchev–Trinajstić information content (AvgIpc) is 2.61. The lowest BCUT2D eigenvalue weighted by atomic mass is 10.0. The second-order valence-electron chi connectivity index (χ2n) is 6.02. The molecule has 25 heavy (non-hydrogen) atoms. The maximum absolute atomic E-state index is 9.97. The lowest BCUT2D eigenvalue weighted by molar-refractivity contribution is -0.404. The van der Waals surface area contributed by atoms with Crippen molar-refractivity contribution >= 4 is 34.1 Å². The van der Waals surface area contributed by atoms with Crippen LogP contribution in [0, 0.1) is 0 Å². The molecule has 0 amide bonds. The zero-order valence-corrected chi connectivity index (χ0v) is 16.3. The van der Waals surface area contributed by atoms with E-state index in [-0.39, 0.29) is 29.7 Å². The highest BCUT2D eigenvalue weighted by molar-refractivity contribution is 6.14. The fourth-order valence-electron chi connectivity index (χ4n) is 3.35. The Morgan fingerprint density at radius 1 is 0.920 bits per heavy atom. The molecule has 0 atom stereocenters. The Bertz CT molecular complexity index is 1000. The minimum Gasteiger partial charge on any atom is -1.00 e. The molecule has 0 spiro atoms. The Hall–Kier alpha value is -2.34. The molecule has 1 aliphatic rings. The van der Waals surface area contributed by atoms with E-state index in [1.807, 2.05) is 30.4 Å². The van der Waals surface area contributed by atoms with E-state index >= 15 is 0 Å². The van der Waals surface area contributed by atoms with Crippen LogP contribution < -0.4 is 28.9 Å². The van der Waals surface area contributed by atoms with Gasteiger partial charge in [0.25, 0.3) is 5.84 Å². The van der Waals surface area contributed by atoms with Crippen molar-refractivity contribution in [2.45, 2.75) is 0 Å². The number of para-hydroxylation sites is 1. The van der Waals surface area contributed by atoms with Crippen molar-refractivity contribution in [3.63, 3.8) is 0 Å². The third-order valence-corrected chi connectivity index (χ3v) is 4.62.